The van der Waals surface area contributed by atoms with Crippen LogP contribution in [-0.2, 0) is 19.9 Å². The maximum Gasteiger partial charge on any atom is 0.0515 e. The molecule has 0 spiro atoms. The van der Waals surface area contributed by atoms with Gasteiger partial charge >= 0.3 is 0 Å². The van der Waals surface area contributed by atoms with E-state index in [1.165, 1.54) is 27.7 Å². The van der Waals surface area contributed by atoms with Gasteiger partial charge in [-0.25, -0.2) is 0 Å². The molecular weight excluding hydrogens is 232 g/mol. The molecule has 2 nitrogen and oxygen atoms in total. The van der Waals surface area contributed by atoms with Gasteiger partial charge in [-0.05, 0) is 37.4 Å². The van der Waals surface area contributed by atoms with E-state index in [2.05, 4.69) is 62.8 Å². The SMILES string of the molecule is CCc1cccc2c(CCNC(C)C)c(C)n(C)c12. The summed E-state index contributed by atoms with van der Waals surface area (Å²) in [7, 11) is 2.19. The number of aromatic nitrogens is 1. The Bertz CT molecular complexity index is 564. The zero-order valence-corrected chi connectivity index (χ0v) is 12.9. The van der Waals surface area contributed by atoms with Crippen LogP contribution in [0.25, 0.3) is 10.9 Å². The molecule has 0 bridgehead atoms. The van der Waals surface area contributed by atoms with Gasteiger partial charge in [-0.1, -0.05) is 39.0 Å². The summed E-state index contributed by atoms with van der Waals surface area (Å²) in [5, 5.41) is 4.95. The second-order valence-electron chi connectivity index (χ2n) is 5.65. The van der Waals surface area contributed by atoms with E-state index in [9.17, 15) is 0 Å². The van der Waals surface area contributed by atoms with Crippen LogP contribution in [0, 0.1) is 6.92 Å². The first-order valence-electron chi connectivity index (χ1n) is 7.35. The molecule has 0 atom stereocenters. The van der Waals surface area contributed by atoms with Gasteiger partial charge < -0.3 is 9.88 Å². The summed E-state index contributed by atoms with van der Waals surface area (Å²) < 4.78 is 2.36. The maximum absolute atomic E-state index is 3.51. The lowest BCUT2D eigenvalue weighted by molar-refractivity contribution is 0.590. The number of hydrogen-bond donors (Lipinski definition) is 1. The number of fused-ring (bicyclic) bond motifs is 1. The Morgan fingerprint density at radius 2 is 2.00 bits per heavy atom. The lowest BCUT2D eigenvalue weighted by Gasteiger charge is -2.08. The summed E-state index contributed by atoms with van der Waals surface area (Å²) in [5.74, 6) is 0. The molecule has 0 radical (unpaired) electrons. The first kappa shape index (κ1) is 14.1. The van der Waals surface area contributed by atoms with Crippen LogP contribution in [0.2, 0.25) is 0 Å². The average Bonchev–Trinajstić information content (AvgIpc) is 2.63. The average molecular weight is 258 g/mol. The minimum Gasteiger partial charge on any atom is -0.347 e. The lowest BCUT2D eigenvalue weighted by Crippen LogP contribution is -2.25. The summed E-state index contributed by atoms with van der Waals surface area (Å²) in [6, 6.07) is 7.27. The van der Waals surface area contributed by atoms with Gasteiger partial charge in [-0.2, -0.15) is 0 Å². The summed E-state index contributed by atoms with van der Waals surface area (Å²) in [4.78, 5) is 0. The second-order valence-corrected chi connectivity index (χ2v) is 5.65. The van der Waals surface area contributed by atoms with Crippen LogP contribution in [0.5, 0.6) is 0 Å². The van der Waals surface area contributed by atoms with Crippen molar-refractivity contribution in [3.63, 3.8) is 0 Å². The molecule has 0 amide bonds. The summed E-state index contributed by atoms with van der Waals surface area (Å²) in [6.07, 6.45) is 2.20. The molecule has 0 aliphatic carbocycles. The molecule has 104 valence electrons. The molecule has 1 aromatic heterocycles. The number of para-hydroxylation sites is 1. The highest BCUT2D eigenvalue weighted by molar-refractivity contribution is 5.88. The van der Waals surface area contributed by atoms with E-state index >= 15 is 0 Å². The fraction of sp³-hybridized carbons (Fsp3) is 0.529. The molecule has 2 heteroatoms. The number of nitrogens with zero attached hydrogens (tertiary/aromatic N) is 1. The third-order valence-corrected chi connectivity index (χ3v) is 4.03. The first-order chi connectivity index (χ1) is 9.06. The Labute approximate surface area is 116 Å². The van der Waals surface area contributed by atoms with Gasteiger partial charge in [0.15, 0.2) is 0 Å². The number of hydrogen-bond acceptors (Lipinski definition) is 1. The minimum absolute atomic E-state index is 0.557. The molecule has 19 heavy (non-hydrogen) atoms. The molecule has 0 saturated carbocycles. The van der Waals surface area contributed by atoms with Crippen molar-refractivity contribution in [3.8, 4) is 0 Å². The number of aryl methyl sites for hydroxylation is 2. The van der Waals surface area contributed by atoms with E-state index in [1.54, 1.807) is 0 Å². The van der Waals surface area contributed by atoms with E-state index in [-0.39, 0.29) is 0 Å². The summed E-state index contributed by atoms with van der Waals surface area (Å²) in [5.41, 5.74) is 5.77. The first-order valence-corrected chi connectivity index (χ1v) is 7.35. The third-order valence-electron chi connectivity index (χ3n) is 4.03. The Morgan fingerprint density at radius 3 is 2.63 bits per heavy atom. The number of nitrogens with one attached hydrogen (secondary N) is 1. The van der Waals surface area contributed by atoms with Crippen molar-refractivity contribution in [1.82, 2.24) is 9.88 Å². The standard InChI is InChI=1S/C17H26N2/c1-6-14-8-7-9-16-15(10-11-18-12(2)3)13(4)19(5)17(14)16/h7-9,12,18H,6,10-11H2,1-5H3. The van der Waals surface area contributed by atoms with Gasteiger partial charge in [-0.3, -0.25) is 0 Å². The van der Waals surface area contributed by atoms with Gasteiger partial charge in [0.05, 0.1) is 5.52 Å². The highest BCUT2D eigenvalue weighted by atomic mass is 15.0. The van der Waals surface area contributed by atoms with Crippen LogP contribution < -0.4 is 5.32 Å². The molecule has 2 rings (SSSR count). The van der Waals surface area contributed by atoms with E-state index < -0.39 is 0 Å². The van der Waals surface area contributed by atoms with Crippen molar-refractivity contribution in [2.24, 2.45) is 7.05 Å². The van der Waals surface area contributed by atoms with Gasteiger partial charge in [0.25, 0.3) is 0 Å². The van der Waals surface area contributed by atoms with E-state index in [0.29, 0.717) is 6.04 Å². The zero-order valence-electron chi connectivity index (χ0n) is 12.9. The molecule has 0 aliphatic heterocycles. The van der Waals surface area contributed by atoms with Crippen molar-refractivity contribution < 1.29 is 0 Å². The molecule has 1 N–H and O–H groups in total. The molecule has 1 aromatic carbocycles. The number of rotatable bonds is 5. The van der Waals surface area contributed by atoms with E-state index in [0.717, 1.165) is 19.4 Å². The lowest BCUT2D eigenvalue weighted by atomic mass is 10.0. The molecule has 0 aliphatic rings. The minimum atomic E-state index is 0.557. The van der Waals surface area contributed by atoms with Gasteiger partial charge in [0.1, 0.15) is 0 Å². The Balaban J connectivity index is 2.41. The Hall–Kier alpha value is -1.28. The van der Waals surface area contributed by atoms with Gasteiger partial charge in [-0.15, -0.1) is 0 Å². The maximum atomic E-state index is 3.51. The van der Waals surface area contributed by atoms with Crippen LogP contribution in [0.15, 0.2) is 18.2 Å². The Kier molecular flexibility index (Phi) is 4.31. The monoisotopic (exact) mass is 258 g/mol. The van der Waals surface area contributed by atoms with Crippen LogP contribution in [-0.4, -0.2) is 17.2 Å². The Morgan fingerprint density at radius 1 is 1.26 bits per heavy atom. The topological polar surface area (TPSA) is 17.0 Å². The molecule has 1 heterocycles. The largest absolute Gasteiger partial charge is 0.347 e. The van der Waals surface area contributed by atoms with E-state index in [1.807, 2.05) is 0 Å². The number of benzene rings is 1. The van der Waals surface area contributed by atoms with Crippen molar-refractivity contribution in [2.45, 2.75) is 46.6 Å². The normalized spacial score (nSPS) is 11.7. The van der Waals surface area contributed by atoms with Crippen LogP contribution in [0.4, 0.5) is 0 Å². The molecule has 0 unspecified atom stereocenters. The third kappa shape index (κ3) is 2.69. The predicted octanol–water partition coefficient (Wildman–Crippen LogP) is 3.59. The summed E-state index contributed by atoms with van der Waals surface area (Å²) >= 11 is 0. The smallest absolute Gasteiger partial charge is 0.0515 e. The predicted molar refractivity (Wildman–Crippen MR) is 83.9 cm³/mol. The zero-order chi connectivity index (χ0) is 14.0. The molecule has 0 saturated heterocycles. The van der Waals surface area contributed by atoms with Crippen LogP contribution >= 0.6 is 0 Å². The van der Waals surface area contributed by atoms with Crippen molar-refractivity contribution in [2.75, 3.05) is 6.54 Å². The fourth-order valence-corrected chi connectivity index (χ4v) is 2.88. The van der Waals surface area contributed by atoms with Crippen LogP contribution in [0.1, 0.15) is 37.6 Å². The van der Waals surface area contributed by atoms with E-state index in [4.69, 9.17) is 0 Å². The molecule has 2 aromatic rings. The second kappa shape index (κ2) is 5.79. The van der Waals surface area contributed by atoms with Gasteiger partial charge in [0, 0.05) is 24.2 Å². The van der Waals surface area contributed by atoms with Crippen molar-refractivity contribution in [1.29, 1.82) is 0 Å². The quantitative estimate of drug-likeness (QED) is 0.867. The fourth-order valence-electron chi connectivity index (χ4n) is 2.88. The highest BCUT2D eigenvalue weighted by Gasteiger charge is 2.13. The van der Waals surface area contributed by atoms with Crippen molar-refractivity contribution >= 4 is 10.9 Å². The highest BCUT2D eigenvalue weighted by Crippen LogP contribution is 2.28. The molecule has 0 fully saturated rings. The van der Waals surface area contributed by atoms with Crippen molar-refractivity contribution in [3.05, 3.63) is 35.0 Å². The van der Waals surface area contributed by atoms with Crippen LogP contribution in [0.3, 0.4) is 0 Å². The molecular formula is C17H26N2. The van der Waals surface area contributed by atoms with Gasteiger partial charge in [0.2, 0.25) is 0 Å². The summed E-state index contributed by atoms with van der Waals surface area (Å²) in [6.45, 7) is 9.92.